The van der Waals surface area contributed by atoms with Crippen LogP contribution < -0.4 is 9.47 Å². The summed E-state index contributed by atoms with van der Waals surface area (Å²) in [5.41, 5.74) is -0.169. The highest BCUT2D eigenvalue weighted by Gasteiger charge is 2.35. The molecule has 0 unspecified atom stereocenters. The molecule has 0 atom stereocenters. The number of carbonyl (C=O) groups is 2. The van der Waals surface area contributed by atoms with Crippen molar-refractivity contribution < 1.29 is 55.6 Å². The Bertz CT molecular complexity index is 1740. The molecule has 0 aliphatic heterocycles. The van der Waals surface area contributed by atoms with Crippen LogP contribution in [0.25, 0.3) is 11.1 Å². The van der Waals surface area contributed by atoms with Gasteiger partial charge in [-0.05, 0) is 133 Å². The molecule has 4 aromatic rings. The molecule has 0 amide bonds. The molecule has 6 nitrogen and oxygen atoms in total. The van der Waals surface area contributed by atoms with E-state index in [0.29, 0.717) is 35.8 Å². The summed E-state index contributed by atoms with van der Waals surface area (Å²) in [6, 6.07) is 17.7. The molecule has 0 saturated carbocycles. The van der Waals surface area contributed by atoms with Crippen LogP contribution in [0.15, 0.2) is 82.6 Å². The van der Waals surface area contributed by atoms with Crippen LogP contribution in [-0.2, 0) is 34.8 Å². The van der Waals surface area contributed by atoms with E-state index in [1.807, 2.05) is 12.1 Å². The van der Waals surface area contributed by atoms with Crippen molar-refractivity contribution in [1.82, 2.24) is 0 Å². The van der Waals surface area contributed by atoms with Crippen LogP contribution in [0.2, 0.25) is 0 Å². The highest BCUT2D eigenvalue weighted by molar-refractivity contribution is 7.99. The zero-order valence-corrected chi connectivity index (χ0v) is 29.8. The topological polar surface area (TPSA) is 93.1 Å². The number of carboxylic acid groups (broad SMARTS) is 2. The van der Waals surface area contributed by atoms with E-state index in [1.54, 1.807) is 38.1 Å². The second-order valence-electron chi connectivity index (χ2n) is 11.9. The molecule has 0 fully saturated rings. The number of ether oxygens (including phenoxy) is 2. The third-order valence-electron chi connectivity index (χ3n) is 7.88. The second kappa shape index (κ2) is 18.0. The summed E-state index contributed by atoms with van der Waals surface area (Å²) in [6.45, 7) is 2.58. The lowest BCUT2D eigenvalue weighted by Crippen LogP contribution is -2.11. The molecule has 0 aliphatic carbocycles. The van der Waals surface area contributed by atoms with Gasteiger partial charge in [-0.15, -0.1) is 23.5 Å². The fourth-order valence-corrected chi connectivity index (χ4v) is 7.30. The predicted molar refractivity (Wildman–Crippen MR) is 189 cm³/mol. The number of aryl methyl sites for hydroxylation is 4. The quantitative estimate of drug-likeness (QED) is 0.0624. The molecule has 0 radical (unpaired) electrons. The van der Waals surface area contributed by atoms with Gasteiger partial charge in [-0.1, -0.05) is 24.3 Å². The normalized spacial score (nSPS) is 11.8. The van der Waals surface area contributed by atoms with E-state index >= 15 is 0 Å². The van der Waals surface area contributed by atoms with Crippen LogP contribution in [0.5, 0.6) is 11.5 Å². The number of thioether (sulfide) groups is 2. The third-order valence-corrected chi connectivity index (χ3v) is 10.0. The minimum absolute atomic E-state index is 0.0323. The molecule has 4 aromatic carbocycles. The Kier molecular flexibility index (Phi) is 14.0. The molecule has 0 heterocycles. The summed E-state index contributed by atoms with van der Waals surface area (Å²) >= 11 is 2.87. The predicted octanol–water partition coefficient (Wildman–Crippen LogP) is 10.4. The molecule has 0 saturated heterocycles. The van der Waals surface area contributed by atoms with Crippen molar-refractivity contribution in [3.63, 3.8) is 0 Å². The molecule has 2 N–H and O–H groups in total. The Labute approximate surface area is 305 Å². The molecule has 0 aromatic heterocycles. The van der Waals surface area contributed by atoms with Gasteiger partial charge in [-0.3, -0.25) is 0 Å². The highest BCUT2D eigenvalue weighted by Crippen LogP contribution is 2.39. The van der Waals surface area contributed by atoms with Crippen LogP contribution in [0.1, 0.15) is 46.2 Å². The minimum atomic E-state index is -4.71. The summed E-state index contributed by atoms with van der Waals surface area (Å²) in [5.74, 6) is -0.353. The molecule has 0 bridgehead atoms. The van der Waals surface area contributed by atoms with E-state index in [9.17, 15) is 35.9 Å². The van der Waals surface area contributed by atoms with Crippen LogP contribution in [0.4, 0.5) is 26.3 Å². The molecule has 278 valence electrons. The molecule has 52 heavy (non-hydrogen) atoms. The van der Waals surface area contributed by atoms with E-state index in [4.69, 9.17) is 19.7 Å². The smallest absolute Gasteiger partial charge is 0.416 e. The fraction of sp³-hybridized carbons (Fsp3) is 0.316. The van der Waals surface area contributed by atoms with E-state index < -0.39 is 48.6 Å². The van der Waals surface area contributed by atoms with Gasteiger partial charge in [0.2, 0.25) is 0 Å². The largest absolute Gasteiger partial charge is 0.482 e. The van der Waals surface area contributed by atoms with Gasteiger partial charge >= 0.3 is 24.3 Å². The van der Waals surface area contributed by atoms with Crippen molar-refractivity contribution in [2.75, 3.05) is 24.7 Å². The number of hydrogen-bond donors (Lipinski definition) is 2. The Morgan fingerprint density at radius 1 is 0.596 bits per heavy atom. The number of rotatable bonds is 17. The average molecular weight is 767 g/mol. The molecule has 0 spiro atoms. The van der Waals surface area contributed by atoms with Gasteiger partial charge < -0.3 is 19.7 Å². The van der Waals surface area contributed by atoms with Gasteiger partial charge in [0.05, 0.1) is 11.1 Å². The summed E-state index contributed by atoms with van der Waals surface area (Å²) in [6.07, 6.45) is -8.41. The first-order chi connectivity index (χ1) is 24.5. The van der Waals surface area contributed by atoms with Crippen LogP contribution in [-0.4, -0.2) is 46.9 Å². The van der Waals surface area contributed by atoms with Gasteiger partial charge in [0.1, 0.15) is 11.5 Å². The maximum absolute atomic E-state index is 14.2. The Morgan fingerprint density at radius 3 is 1.31 bits per heavy atom. The third kappa shape index (κ3) is 11.9. The van der Waals surface area contributed by atoms with Crippen molar-refractivity contribution >= 4 is 35.5 Å². The molecule has 4 rings (SSSR count). The molecular weight excluding hydrogens is 731 g/mol. The van der Waals surface area contributed by atoms with Crippen molar-refractivity contribution in [2.45, 2.75) is 61.7 Å². The lowest BCUT2D eigenvalue weighted by Gasteiger charge is -2.17. The second-order valence-corrected chi connectivity index (χ2v) is 14.2. The minimum Gasteiger partial charge on any atom is -0.482 e. The van der Waals surface area contributed by atoms with E-state index in [1.165, 1.54) is 47.8 Å². The number of aliphatic carboxylic acids is 2. The number of benzene rings is 4. The van der Waals surface area contributed by atoms with Crippen molar-refractivity contribution in [3.8, 4) is 22.6 Å². The monoisotopic (exact) mass is 766 g/mol. The van der Waals surface area contributed by atoms with Gasteiger partial charge in [-0.2, -0.15) is 26.3 Å². The Hall–Kier alpha value is -4.30. The van der Waals surface area contributed by atoms with Crippen LogP contribution in [0.3, 0.4) is 0 Å². The van der Waals surface area contributed by atoms with Crippen LogP contribution >= 0.6 is 23.5 Å². The van der Waals surface area contributed by atoms with E-state index in [0.717, 1.165) is 33.1 Å². The van der Waals surface area contributed by atoms with Crippen molar-refractivity contribution in [2.24, 2.45) is 0 Å². The zero-order valence-electron chi connectivity index (χ0n) is 28.2. The fourth-order valence-electron chi connectivity index (χ4n) is 5.41. The van der Waals surface area contributed by atoms with E-state index in [-0.39, 0.29) is 35.1 Å². The first-order valence-electron chi connectivity index (χ1n) is 16.1. The van der Waals surface area contributed by atoms with Gasteiger partial charge in [0.25, 0.3) is 0 Å². The number of hydrogen-bond acceptors (Lipinski definition) is 6. The maximum atomic E-state index is 14.2. The molecule has 0 aliphatic rings. The highest BCUT2D eigenvalue weighted by atomic mass is 32.2. The average Bonchev–Trinajstić information content (AvgIpc) is 3.07. The van der Waals surface area contributed by atoms with Crippen molar-refractivity contribution in [1.29, 1.82) is 0 Å². The SMILES string of the molecule is Cc1cc(SCCCc2ccc(-c3ccc(CCCSc4ccc(OCC(=O)O)c(C)c4)c(C(F)(F)F)c3)cc2C(F)(F)F)ccc1OCC(=O)O. The van der Waals surface area contributed by atoms with Gasteiger partial charge in [0.15, 0.2) is 13.2 Å². The number of halogens is 6. The summed E-state index contributed by atoms with van der Waals surface area (Å²) < 4.78 is 95.5. The first-order valence-corrected chi connectivity index (χ1v) is 18.0. The van der Waals surface area contributed by atoms with Crippen LogP contribution in [0, 0.1) is 13.8 Å². The lowest BCUT2D eigenvalue weighted by molar-refractivity contribution is -0.140. The Balaban J connectivity index is 1.40. The standard InChI is InChI=1S/C38H36F6O6S2/c1-23-17-29(11-13-33(23)49-21-35(45)46)51-15-3-5-25-7-9-27(19-31(25)37(39,40)41)28-10-8-26(32(20-28)38(42,43)44)6-4-16-52-30-12-14-34(24(2)18-30)50-22-36(47)48/h7-14,17-20H,3-6,15-16,21-22H2,1-2H3,(H,45,46)(H,47,48). The summed E-state index contributed by atoms with van der Waals surface area (Å²) in [7, 11) is 0. The zero-order chi connectivity index (χ0) is 38.1. The van der Waals surface area contributed by atoms with E-state index in [2.05, 4.69) is 0 Å². The van der Waals surface area contributed by atoms with Gasteiger partial charge in [0, 0.05) is 9.79 Å². The van der Waals surface area contributed by atoms with Crippen molar-refractivity contribution in [3.05, 3.63) is 106 Å². The first kappa shape index (κ1) is 40.5. The maximum Gasteiger partial charge on any atom is 0.416 e. The number of carboxylic acids is 2. The molecular formula is C38H36F6O6S2. The summed E-state index contributed by atoms with van der Waals surface area (Å²) in [4.78, 5) is 23.2. The molecule has 14 heteroatoms. The number of alkyl halides is 6. The lowest BCUT2D eigenvalue weighted by atomic mass is 9.93. The Morgan fingerprint density at radius 2 is 0.981 bits per heavy atom. The summed E-state index contributed by atoms with van der Waals surface area (Å²) in [5, 5.41) is 17.6. The van der Waals surface area contributed by atoms with Gasteiger partial charge in [-0.25, -0.2) is 9.59 Å².